The molecule has 0 saturated heterocycles. The Labute approximate surface area is 179 Å². The Kier molecular flexibility index (Phi) is 7.32. The molecule has 2 atom stereocenters. The average molecular weight is 448 g/mol. The molecule has 1 amide bonds. The lowest BCUT2D eigenvalue weighted by molar-refractivity contribution is 0.100. The average Bonchev–Trinajstić information content (AvgIpc) is 3.09. The van der Waals surface area contributed by atoms with Crippen molar-refractivity contribution >= 4 is 28.3 Å². The van der Waals surface area contributed by atoms with Gasteiger partial charge in [-0.25, -0.2) is 4.39 Å². The molecule has 1 heterocycles. The van der Waals surface area contributed by atoms with Gasteiger partial charge in [-0.3, -0.25) is 4.79 Å². The van der Waals surface area contributed by atoms with Crippen LogP contribution in [0.1, 0.15) is 23.0 Å². The fraction of sp³-hybridized carbons (Fsp3) is 0.250. The normalized spacial score (nSPS) is 13.0. The summed E-state index contributed by atoms with van der Waals surface area (Å²) in [4.78, 5) is 12.5. The monoisotopic (exact) mass is 448 g/mol. The highest BCUT2D eigenvalue weighted by Gasteiger charge is 2.30. The van der Waals surface area contributed by atoms with Crippen LogP contribution in [0.25, 0.3) is 0 Å². The lowest BCUT2D eigenvalue weighted by Gasteiger charge is -2.17. The molecule has 1 unspecified atom stereocenters. The number of anilines is 1. The molecule has 31 heavy (non-hydrogen) atoms. The summed E-state index contributed by atoms with van der Waals surface area (Å²) in [6, 6.07) is 5.08. The number of aliphatic hydroxyl groups is 1. The molecule has 0 aliphatic rings. The van der Waals surface area contributed by atoms with Gasteiger partial charge in [-0.2, -0.15) is 18.1 Å². The van der Waals surface area contributed by atoms with Gasteiger partial charge in [0.25, 0.3) is 15.9 Å². The van der Waals surface area contributed by atoms with Gasteiger partial charge in [0.1, 0.15) is 16.8 Å². The maximum absolute atomic E-state index is 13.5. The number of amides is 1. The summed E-state index contributed by atoms with van der Waals surface area (Å²) in [7, 11) is -2.79. The topological polar surface area (TPSA) is 134 Å². The van der Waals surface area contributed by atoms with E-state index in [0.717, 1.165) is 18.3 Å². The van der Waals surface area contributed by atoms with Gasteiger partial charge in [0.2, 0.25) is 0 Å². The van der Waals surface area contributed by atoms with Crippen molar-refractivity contribution in [2.24, 2.45) is 17.4 Å². The zero-order valence-corrected chi connectivity index (χ0v) is 17.7. The molecule has 9 nitrogen and oxygen atoms in total. The molecule has 11 heteroatoms. The molecule has 0 saturated carbocycles. The summed E-state index contributed by atoms with van der Waals surface area (Å²) < 4.78 is 48.1. The number of halogens is 1. The zero-order valence-electron chi connectivity index (χ0n) is 16.9. The van der Waals surface area contributed by atoms with Crippen molar-refractivity contribution in [3.8, 4) is 11.8 Å². The van der Waals surface area contributed by atoms with E-state index in [2.05, 4.69) is 23.0 Å². The molecule has 0 radical (unpaired) electrons. The van der Waals surface area contributed by atoms with Gasteiger partial charge in [-0.15, -0.1) is 6.58 Å². The van der Waals surface area contributed by atoms with Crippen LogP contribution >= 0.6 is 0 Å². The molecular formula is C20H21FN4O5S. The number of aliphatic hydroxyl groups excluding tert-OH is 1. The van der Waals surface area contributed by atoms with E-state index in [9.17, 15) is 22.7 Å². The third-order valence-corrected chi connectivity index (χ3v) is 5.61. The highest BCUT2D eigenvalue weighted by molar-refractivity contribution is 7.90. The van der Waals surface area contributed by atoms with Crippen molar-refractivity contribution in [1.82, 2.24) is 4.57 Å². The van der Waals surface area contributed by atoms with E-state index in [1.54, 1.807) is 13.0 Å². The first-order valence-corrected chi connectivity index (χ1v) is 10.4. The van der Waals surface area contributed by atoms with E-state index in [-0.39, 0.29) is 34.2 Å². The van der Waals surface area contributed by atoms with Crippen LogP contribution in [0, 0.1) is 23.1 Å². The largest absolute Gasteiger partial charge is 0.489 e. The second-order valence-corrected chi connectivity index (χ2v) is 8.31. The number of aryl methyl sites for hydroxylation is 1. The Morgan fingerprint density at radius 3 is 2.77 bits per heavy atom. The lowest BCUT2D eigenvalue weighted by Crippen LogP contribution is -2.23. The van der Waals surface area contributed by atoms with Gasteiger partial charge in [0.05, 0.1) is 18.3 Å². The number of nitrogens with one attached hydrogen (secondary N) is 1. The smallest absolute Gasteiger partial charge is 0.286 e. The van der Waals surface area contributed by atoms with Gasteiger partial charge in [0, 0.05) is 31.6 Å². The number of benzene rings is 1. The van der Waals surface area contributed by atoms with Crippen molar-refractivity contribution in [3.05, 3.63) is 54.1 Å². The summed E-state index contributed by atoms with van der Waals surface area (Å²) >= 11 is 0. The minimum absolute atomic E-state index is 0.122. The molecule has 2 aromatic rings. The Morgan fingerprint density at radius 2 is 2.19 bits per heavy atom. The van der Waals surface area contributed by atoms with Crippen LogP contribution in [0.3, 0.4) is 0 Å². The number of hydrogen-bond donors (Lipinski definition) is 2. The van der Waals surface area contributed by atoms with Crippen LogP contribution in [0.4, 0.5) is 10.1 Å². The van der Waals surface area contributed by atoms with E-state index < -0.39 is 33.8 Å². The summed E-state index contributed by atoms with van der Waals surface area (Å²) in [6.07, 6.45) is 1.53. The van der Waals surface area contributed by atoms with Crippen LogP contribution in [-0.4, -0.2) is 43.4 Å². The standard InChI is InChI=1S/C20H21FN4O5S/c1-5-16(26)12(2)11-30-19-17(31(28,29)23-3)10-25(4)18(19)20(27)24-14-6-7-15(21)13(8-14)9-22/h5-8,10,12,16,26H,1,3,11H2,2,4H3,(H,24,27)/t12?,16-/m1/s1. The molecule has 0 spiro atoms. The van der Waals surface area contributed by atoms with Gasteiger partial charge in [0.15, 0.2) is 11.4 Å². The minimum atomic E-state index is -4.21. The summed E-state index contributed by atoms with van der Waals surface area (Å²) in [5.41, 5.74) is -0.310. The van der Waals surface area contributed by atoms with Crippen molar-refractivity contribution in [2.45, 2.75) is 17.9 Å². The highest BCUT2D eigenvalue weighted by Crippen LogP contribution is 2.32. The highest BCUT2D eigenvalue weighted by atomic mass is 32.2. The molecule has 0 fully saturated rings. The fourth-order valence-electron chi connectivity index (χ4n) is 2.66. The van der Waals surface area contributed by atoms with Crippen LogP contribution in [0.5, 0.6) is 5.75 Å². The third-order valence-electron chi connectivity index (χ3n) is 4.43. The zero-order chi connectivity index (χ0) is 23.3. The number of ether oxygens (including phenoxy) is 1. The molecule has 1 aromatic carbocycles. The predicted molar refractivity (Wildman–Crippen MR) is 112 cm³/mol. The third kappa shape index (κ3) is 5.17. The quantitative estimate of drug-likeness (QED) is 0.446. The van der Waals surface area contributed by atoms with Crippen LogP contribution in [0.15, 0.2) is 46.3 Å². The first-order chi connectivity index (χ1) is 14.5. The minimum Gasteiger partial charge on any atom is -0.489 e. The molecule has 1 aromatic heterocycles. The summed E-state index contributed by atoms with van der Waals surface area (Å²) in [5, 5.41) is 21.3. The van der Waals surface area contributed by atoms with Gasteiger partial charge in [-0.1, -0.05) is 13.0 Å². The maximum Gasteiger partial charge on any atom is 0.286 e. The van der Waals surface area contributed by atoms with Gasteiger partial charge >= 0.3 is 0 Å². The number of rotatable bonds is 9. The SMILES string of the molecule is C=C[C@@H](O)C(C)COc1c(S(=O)(=O)N=C)cn(C)c1C(=O)Nc1ccc(F)c(C#N)c1. The number of hydrogen-bond acceptors (Lipinski definition) is 6. The van der Waals surface area contributed by atoms with E-state index in [1.165, 1.54) is 23.8 Å². The molecular weight excluding hydrogens is 427 g/mol. The molecule has 164 valence electrons. The maximum atomic E-state index is 13.5. The second kappa shape index (κ2) is 9.55. The molecule has 2 N–H and O–H groups in total. The first-order valence-electron chi connectivity index (χ1n) is 8.92. The lowest BCUT2D eigenvalue weighted by atomic mass is 10.1. The first kappa shape index (κ1) is 23.8. The summed E-state index contributed by atoms with van der Waals surface area (Å²) in [6.45, 7) is 8.04. The van der Waals surface area contributed by atoms with Crippen molar-refractivity contribution < 1.29 is 27.4 Å². The number of nitriles is 1. The van der Waals surface area contributed by atoms with Gasteiger partial charge < -0.3 is 19.7 Å². The summed E-state index contributed by atoms with van der Waals surface area (Å²) in [5.74, 6) is -2.26. The Morgan fingerprint density at radius 1 is 1.52 bits per heavy atom. The number of nitrogens with zero attached hydrogens (tertiary/aromatic N) is 3. The van der Waals surface area contributed by atoms with E-state index in [0.29, 0.717) is 0 Å². The van der Waals surface area contributed by atoms with Crippen molar-refractivity contribution in [1.29, 1.82) is 5.26 Å². The molecule has 2 rings (SSSR count). The molecule has 0 aliphatic heterocycles. The Bertz CT molecular complexity index is 1170. The fourth-order valence-corrected chi connectivity index (χ4v) is 3.48. The number of sulfonamides is 1. The number of carbonyl (C=O) groups excluding carboxylic acids is 1. The van der Waals surface area contributed by atoms with E-state index >= 15 is 0 Å². The predicted octanol–water partition coefficient (Wildman–Crippen LogP) is 2.24. The van der Waals surface area contributed by atoms with E-state index in [1.807, 2.05) is 0 Å². The molecule has 0 bridgehead atoms. The number of carbonyl (C=O) groups is 1. The van der Waals surface area contributed by atoms with Crippen LogP contribution in [-0.2, 0) is 17.1 Å². The van der Waals surface area contributed by atoms with Crippen molar-refractivity contribution in [3.63, 3.8) is 0 Å². The number of aromatic nitrogens is 1. The second-order valence-electron chi connectivity index (χ2n) is 6.66. The van der Waals surface area contributed by atoms with Gasteiger partial charge in [-0.05, 0) is 18.2 Å². The van der Waals surface area contributed by atoms with E-state index in [4.69, 9.17) is 10.00 Å². The van der Waals surface area contributed by atoms with Crippen molar-refractivity contribution in [2.75, 3.05) is 11.9 Å². The molecule has 0 aliphatic carbocycles. The van der Waals surface area contributed by atoms with Crippen LogP contribution < -0.4 is 10.1 Å². The Balaban J connectivity index is 2.48. The Hall–Kier alpha value is -3.49. The van der Waals surface area contributed by atoms with Crippen LogP contribution in [0.2, 0.25) is 0 Å².